The van der Waals surface area contributed by atoms with Crippen LogP contribution in [0.2, 0.25) is 25.7 Å². The molecule has 0 aliphatic heterocycles. The number of halogens is 1. The average Bonchev–Trinajstić information content (AvgIpc) is 3.29. The Labute approximate surface area is 240 Å². The molecule has 7 nitrogen and oxygen atoms in total. The zero-order chi connectivity index (χ0) is 27.5. The molecule has 2 atom stereocenters. The molecule has 2 aliphatic carbocycles. The predicted molar refractivity (Wildman–Crippen MR) is 161 cm³/mol. The fourth-order valence-electron chi connectivity index (χ4n) is 5.79. The molecule has 1 fully saturated rings. The molecule has 2 aliphatic rings. The third kappa shape index (κ3) is 5.21. The van der Waals surface area contributed by atoms with Gasteiger partial charge in [0.15, 0.2) is 11.5 Å². The van der Waals surface area contributed by atoms with Crippen LogP contribution in [-0.4, -0.2) is 46.1 Å². The first-order chi connectivity index (χ1) is 18.5. The van der Waals surface area contributed by atoms with Gasteiger partial charge in [0.2, 0.25) is 0 Å². The van der Waals surface area contributed by atoms with Crippen molar-refractivity contribution in [1.29, 1.82) is 0 Å². The molecular weight excluding hydrogens is 570 g/mol. The van der Waals surface area contributed by atoms with Gasteiger partial charge in [-0.15, -0.1) is 0 Å². The molecule has 6 rings (SSSR count). The molecule has 0 spiro atoms. The molecule has 3 heterocycles. The first kappa shape index (κ1) is 26.7. The molecule has 1 aromatic carbocycles. The molecule has 0 N–H and O–H groups in total. The summed E-state index contributed by atoms with van der Waals surface area (Å²) in [5.74, 6) is 2.46. The van der Waals surface area contributed by atoms with Crippen LogP contribution < -0.4 is 4.74 Å². The number of aromatic nitrogens is 5. The molecule has 1 saturated carbocycles. The molecule has 0 amide bonds. The highest BCUT2D eigenvalue weighted by molar-refractivity contribution is 9.10. The van der Waals surface area contributed by atoms with Gasteiger partial charge in [-0.2, -0.15) is 5.10 Å². The lowest BCUT2D eigenvalue weighted by molar-refractivity contribution is 0.0757. The minimum atomic E-state index is -1.15. The molecule has 9 heteroatoms. The summed E-state index contributed by atoms with van der Waals surface area (Å²) < 4.78 is 16.9. The SMILES string of the molecule is COc1ccc(Cn2c(-c3nn(COCC[Si](C)(C)C)c4c3C[C@@H]3C[C@]3(C)C4)nc3cc(Br)c(C)nc32)cc1. The van der Waals surface area contributed by atoms with Crippen molar-refractivity contribution in [3.8, 4) is 17.3 Å². The maximum atomic E-state index is 6.21. The van der Waals surface area contributed by atoms with Crippen LogP contribution in [0.1, 0.15) is 35.9 Å². The Balaban J connectivity index is 1.43. The van der Waals surface area contributed by atoms with Crippen molar-refractivity contribution >= 4 is 35.2 Å². The third-order valence-electron chi connectivity index (χ3n) is 8.50. The molecule has 3 aromatic heterocycles. The highest BCUT2D eigenvalue weighted by Crippen LogP contribution is 2.60. The van der Waals surface area contributed by atoms with E-state index in [1.165, 1.54) is 17.7 Å². The van der Waals surface area contributed by atoms with E-state index in [-0.39, 0.29) is 0 Å². The van der Waals surface area contributed by atoms with Gasteiger partial charge in [-0.1, -0.05) is 38.7 Å². The smallest absolute Gasteiger partial charge is 0.163 e. The minimum Gasteiger partial charge on any atom is -0.497 e. The van der Waals surface area contributed by atoms with Crippen molar-refractivity contribution in [2.24, 2.45) is 11.3 Å². The summed E-state index contributed by atoms with van der Waals surface area (Å²) in [7, 11) is 0.541. The van der Waals surface area contributed by atoms with E-state index in [1.54, 1.807) is 7.11 Å². The van der Waals surface area contributed by atoms with Gasteiger partial charge in [-0.3, -0.25) is 0 Å². The largest absolute Gasteiger partial charge is 0.497 e. The van der Waals surface area contributed by atoms with Crippen LogP contribution in [0, 0.1) is 18.3 Å². The summed E-state index contributed by atoms with van der Waals surface area (Å²) in [5.41, 5.74) is 7.90. The number of methoxy groups -OCH3 is 1. The third-order valence-corrected chi connectivity index (χ3v) is 11.0. The number of ether oxygens (including phenoxy) is 2. The number of fused-ring (bicyclic) bond motifs is 3. The van der Waals surface area contributed by atoms with Crippen molar-refractivity contribution in [2.75, 3.05) is 13.7 Å². The van der Waals surface area contributed by atoms with Crippen LogP contribution >= 0.6 is 15.9 Å². The van der Waals surface area contributed by atoms with Crippen molar-refractivity contribution in [3.05, 3.63) is 57.3 Å². The minimum absolute atomic E-state index is 0.396. The number of imidazole rings is 1. The van der Waals surface area contributed by atoms with Gasteiger partial charge in [0.25, 0.3) is 0 Å². The summed E-state index contributed by atoms with van der Waals surface area (Å²) in [5, 5.41) is 5.21. The molecular formula is C30H38BrN5O2Si. The summed E-state index contributed by atoms with van der Waals surface area (Å²) in [6.45, 7) is 13.5. The lowest BCUT2D eigenvalue weighted by atomic mass is 9.87. The van der Waals surface area contributed by atoms with E-state index in [0.29, 0.717) is 18.7 Å². The van der Waals surface area contributed by atoms with E-state index in [9.17, 15) is 0 Å². The van der Waals surface area contributed by atoms with Crippen LogP contribution in [0.5, 0.6) is 5.75 Å². The number of nitrogens with zero attached hydrogens (tertiary/aromatic N) is 5. The molecule has 206 valence electrons. The van der Waals surface area contributed by atoms with Crippen LogP contribution in [0.15, 0.2) is 34.8 Å². The van der Waals surface area contributed by atoms with Gasteiger partial charge in [-0.25, -0.2) is 14.6 Å². The number of benzene rings is 1. The molecule has 0 unspecified atom stereocenters. The highest BCUT2D eigenvalue weighted by Gasteiger charge is 2.54. The summed E-state index contributed by atoms with van der Waals surface area (Å²) >= 11 is 3.66. The quantitative estimate of drug-likeness (QED) is 0.154. The first-order valence-corrected chi connectivity index (χ1v) is 18.4. The number of aryl methyl sites for hydroxylation is 1. The normalized spacial score (nSPS) is 20.2. The Morgan fingerprint density at radius 2 is 1.92 bits per heavy atom. The van der Waals surface area contributed by atoms with E-state index < -0.39 is 8.07 Å². The summed E-state index contributed by atoms with van der Waals surface area (Å²) in [6, 6.07) is 11.5. The van der Waals surface area contributed by atoms with Crippen molar-refractivity contribution in [1.82, 2.24) is 24.3 Å². The van der Waals surface area contributed by atoms with Crippen LogP contribution in [0.25, 0.3) is 22.7 Å². The first-order valence-electron chi connectivity index (χ1n) is 13.9. The van der Waals surface area contributed by atoms with E-state index in [0.717, 1.165) is 75.6 Å². The maximum absolute atomic E-state index is 6.21. The lowest BCUT2D eigenvalue weighted by Gasteiger charge is -2.20. The zero-order valence-corrected chi connectivity index (χ0v) is 26.4. The van der Waals surface area contributed by atoms with E-state index in [4.69, 9.17) is 24.5 Å². The Bertz CT molecular complexity index is 1540. The average molecular weight is 609 g/mol. The van der Waals surface area contributed by atoms with Gasteiger partial charge in [0, 0.05) is 30.4 Å². The Morgan fingerprint density at radius 1 is 1.15 bits per heavy atom. The second-order valence-electron chi connectivity index (χ2n) is 12.8. The van der Waals surface area contributed by atoms with Gasteiger partial charge >= 0.3 is 0 Å². The zero-order valence-electron chi connectivity index (χ0n) is 23.8. The fraction of sp³-hybridized carbons (Fsp3) is 0.500. The van der Waals surface area contributed by atoms with E-state index >= 15 is 0 Å². The number of hydrogen-bond acceptors (Lipinski definition) is 5. The molecule has 0 saturated heterocycles. The molecule has 39 heavy (non-hydrogen) atoms. The van der Waals surface area contributed by atoms with Gasteiger partial charge in [0.05, 0.1) is 19.3 Å². The maximum Gasteiger partial charge on any atom is 0.163 e. The predicted octanol–water partition coefficient (Wildman–Crippen LogP) is 6.86. The standard InChI is InChI=1S/C30H38BrN5O2Si/c1-19-24(31)14-25-28(32-19)35(17-20-7-9-22(37-3)10-8-20)29(33-25)27-23-13-21-15-30(21,2)16-26(23)36(34-27)18-38-11-12-39(4,5)6/h7-10,14,21H,11-13,15-18H2,1-6H3/t21-,30-/m1/s1. The second-order valence-corrected chi connectivity index (χ2v) is 19.3. The van der Waals surface area contributed by atoms with Crippen molar-refractivity contribution < 1.29 is 9.47 Å². The molecule has 0 bridgehead atoms. The van der Waals surface area contributed by atoms with Crippen molar-refractivity contribution in [2.45, 2.75) is 72.1 Å². The molecule has 4 aromatic rings. The van der Waals surface area contributed by atoms with Crippen LogP contribution in [0.3, 0.4) is 0 Å². The lowest BCUT2D eigenvalue weighted by Crippen LogP contribution is -2.23. The van der Waals surface area contributed by atoms with E-state index in [2.05, 4.69) is 69.9 Å². The van der Waals surface area contributed by atoms with E-state index in [1.807, 2.05) is 19.1 Å². The Hall–Kier alpha value is -2.49. The fourth-order valence-corrected chi connectivity index (χ4v) is 6.85. The van der Waals surface area contributed by atoms with Gasteiger partial charge in [0.1, 0.15) is 23.7 Å². The van der Waals surface area contributed by atoms with Crippen LogP contribution in [-0.2, 0) is 30.9 Å². The number of hydrogen-bond donors (Lipinski definition) is 0. The van der Waals surface area contributed by atoms with Crippen LogP contribution in [0.4, 0.5) is 0 Å². The number of rotatable bonds is 9. The Morgan fingerprint density at radius 3 is 2.64 bits per heavy atom. The molecule has 0 radical (unpaired) electrons. The van der Waals surface area contributed by atoms with Crippen molar-refractivity contribution in [3.63, 3.8) is 0 Å². The highest BCUT2D eigenvalue weighted by atomic mass is 79.9. The summed E-state index contributed by atoms with van der Waals surface area (Å²) in [4.78, 5) is 10.1. The second kappa shape index (κ2) is 9.85. The topological polar surface area (TPSA) is 67.0 Å². The monoisotopic (exact) mass is 607 g/mol. The Kier molecular flexibility index (Phi) is 6.75. The summed E-state index contributed by atoms with van der Waals surface area (Å²) in [6.07, 6.45) is 3.39. The van der Waals surface area contributed by atoms with Gasteiger partial charge < -0.3 is 14.0 Å². The van der Waals surface area contributed by atoms with Gasteiger partial charge in [-0.05, 0) is 83.3 Å². The number of pyridine rings is 1.